The van der Waals surface area contributed by atoms with Crippen LogP contribution in [0.1, 0.15) is 40.5 Å². The Kier molecular flexibility index (Phi) is 3.80. The van der Waals surface area contributed by atoms with Gasteiger partial charge in [-0.25, -0.2) is 0 Å². The van der Waals surface area contributed by atoms with Crippen LogP contribution in [-0.4, -0.2) is 24.0 Å². The van der Waals surface area contributed by atoms with Gasteiger partial charge in [-0.2, -0.15) is 0 Å². The molecule has 0 aromatic heterocycles. The maximum atomic E-state index is 4.09. The normalized spacial score (nSPS) is 25.6. The van der Waals surface area contributed by atoms with Gasteiger partial charge in [0.05, 0.1) is 0 Å². The highest BCUT2D eigenvalue weighted by Crippen LogP contribution is 2.38. The summed E-state index contributed by atoms with van der Waals surface area (Å²) in [6.07, 6.45) is 2.52. The monoisotopic (exact) mass is 219 g/mol. The predicted molar refractivity (Wildman–Crippen MR) is 72.6 cm³/mol. The number of hydrogen-bond donors (Lipinski definition) is 0. The number of nitrogens with zero attached hydrogens (tertiary/aromatic N) is 1. The summed E-state index contributed by atoms with van der Waals surface area (Å²) in [5, 5.41) is 0. The Labute approximate surface area is 101 Å². The van der Waals surface area contributed by atoms with Crippen LogP contribution in [0.2, 0.25) is 0 Å². The van der Waals surface area contributed by atoms with E-state index in [1.165, 1.54) is 30.5 Å². The molecule has 0 aromatic rings. The molecule has 1 fully saturated rings. The van der Waals surface area contributed by atoms with Crippen molar-refractivity contribution in [2.24, 2.45) is 0 Å². The van der Waals surface area contributed by atoms with Gasteiger partial charge in [-0.3, -0.25) is 4.90 Å². The molecule has 1 saturated heterocycles. The quantitative estimate of drug-likeness (QED) is 0.650. The van der Waals surface area contributed by atoms with Crippen LogP contribution in [0.15, 0.2) is 35.5 Å². The Morgan fingerprint density at radius 3 is 1.94 bits per heavy atom. The molecule has 1 aliphatic rings. The predicted octanol–water partition coefficient (Wildman–Crippen LogP) is 3.94. The maximum absolute atomic E-state index is 4.09. The van der Waals surface area contributed by atoms with Crippen molar-refractivity contribution in [1.29, 1.82) is 0 Å². The van der Waals surface area contributed by atoms with Crippen molar-refractivity contribution in [2.45, 2.75) is 46.1 Å². The zero-order chi connectivity index (χ0) is 12.5. The molecule has 0 saturated carbocycles. The van der Waals surface area contributed by atoms with E-state index in [0.717, 1.165) is 11.1 Å². The van der Waals surface area contributed by atoms with Crippen LogP contribution in [0.5, 0.6) is 0 Å². The molecule has 1 unspecified atom stereocenters. The molecule has 0 bridgehead atoms. The van der Waals surface area contributed by atoms with E-state index in [4.69, 9.17) is 0 Å². The van der Waals surface area contributed by atoms with E-state index >= 15 is 0 Å². The molecule has 1 aliphatic heterocycles. The lowest BCUT2D eigenvalue weighted by Gasteiger charge is -2.35. The fourth-order valence-corrected chi connectivity index (χ4v) is 2.85. The van der Waals surface area contributed by atoms with Crippen LogP contribution >= 0.6 is 0 Å². The number of likely N-dealkylation sites (N-methyl/N-ethyl adjacent to an activating group) is 1. The van der Waals surface area contributed by atoms with E-state index in [1.54, 1.807) is 0 Å². The highest BCUT2D eigenvalue weighted by molar-refractivity contribution is 5.48. The van der Waals surface area contributed by atoms with Crippen LogP contribution in [0.25, 0.3) is 0 Å². The minimum absolute atomic E-state index is 0.188. The summed E-state index contributed by atoms with van der Waals surface area (Å²) in [5.74, 6) is 0. The molecular formula is C15H25N. The first-order valence-electron chi connectivity index (χ1n) is 6.05. The second kappa shape index (κ2) is 4.58. The van der Waals surface area contributed by atoms with E-state index in [0.29, 0.717) is 0 Å². The average Bonchev–Trinajstić information content (AvgIpc) is 2.47. The molecule has 16 heavy (non-hydrogen) atoms. The summed E-state index contributed by atoms with van der Waals surface area (Å²) >= 11 is 0. The summed E-state index contributed by atoms with van der Waals surface area (Å²) < 4.78 is 0. The third-order valence-corrected chi connectivity index (χ3v) is 4.04. The Morgan fingerprint density at radius 1 is 1.12 bits per heavy atom. The van der Waals surface area contributed by atoms with Crippen LogP contribution in [0.3, 0.4) is 0 Å². The highest BCUT2D eigenvalue weighted by Gasteiger charge is 2.36. The van der Waals surface area contributed by atoms with Gasteiger partial charge in [0, 0.05) is 5.54 Å². The van der Waals surface area contributed by atoms with Gasteiger partial charge >= 0.3 is 0 Å². The molecule has 1 heteroatoms. The molecule has 0 N–H and O–H groups in total. The molecule has 1 nitrogen and oxygen atoms in total. The van der Waals surface area contributed by atoms with E-state index < -0.39 is 0 Å². The molecule has 0 spiro atoms. The summed E-state index contributed by atoms with van der Waals surface area (Å²) in [5.41, 5.74) is 5.15. The van der Waals surface area contributed by atoms with Crippen LogP contribution in [-0.2, 0) is 0 Å². The van der Waals surface area contributed by atoms with Gasteiger partial charge in [0.1, 0.15) is 0 Å². The first kappa shape index (κ1) is 13.2. The standard InChI is InChI=1S/C15H25N/c1-11(2)14(12(3)4)13(5)15(6)9-8-10-16(15)7/h1,3,8-10H2,2,4-7H3. The van der Waals surface area contributed by atoms with Crippen LogP contribution in [0, 0.1) is 0 Å². The average molecular weight is 219 g/mol. The molecule has 1 heterocycles. The Morgan fingerprint density at radius 2 is 1.62 bits per heavy atom. The molecule has 0 radical (unpaired) electrons. The smallest absolute Gasteiger partial charge is 0.0396 e. The SMILES string of the molecule is C=C(C)C(C(=C)C)=C(C)C1(C)CCCN1C. The molecule has 0 amide bonds. The van der Waals surface area contributed by atoms with Gasteiger partial charge in [-0.15, -0.1) is 0 Å². The van der Waals surface area contributed by atoms with Gasteiger partial charge < -0.3 is 0 Å². The van der Waals surface area contributed by atoms with E-state index in [1.807, 2.05) is 0 Å². The maximum Gasteiger partial charge on any atom is 0.0396 e. The number of allylic oxidation sites excluding steroid dienone is 3. The van der Waals surface area contributed by atoms with E-state index in [-0.39, 0.29) is 5.54 Å². The molecular weight excluding hydrogens is 194 g/mol. The van der Waals surface area contributed by atoms with Crippen molar-refractivity contribution >= 4 is 0 Å². The molecule has 0 aliphatic carbocycles. The summed E-state index contributed by atoms with van der Waals surface area (Å²) in [7, 11) is 2.21. The van der Waals surface area contributed by atoms with E-state index in [9.17, 15) is 0 Å². The number of rotatable bonds is 3. The first-order chi connectivity index (χ1) is 7.30. The number of likely N-dealkylation sites (tertiary alicyclic amines) is 1. The Hall–Kier alpha value is -0.820. The van der Waals surface area contributed by atoms with Crippen molar-refractivity contribution in [1.82, 2.24) is 4.90 Å². The highest BCUT2D eigenvalue weighted by atomic mass is 15.2. The zero-order valence-corrected chi connectivity index (χ0v) is 11.5. The molecule has 0 aromatic carbocycles. The minimum atomic E-state index is 0.188. The third kappa shape index (κ3) is 2.15. The lowest BCUT2D eigenvalue weighted by Crippen LogP contribution is -2.40. The number of hydrogen-bond acceptors (Lipinski definition) is 1. The van der Waals surface area contributed by atoms with Gasteiger partial charge in [-0.1, -0.05) is 24.3 Å². The summed E-state index contributed by atoms with van der Waals surface area (Å²) in [4.78, 5) is 2.45. The van der Waals surface area contributed by atoms with Crippen molar-refractivity contribution in [3.8, 4) is 0 Å². The van der Waals surface area contributed by atoms with Crippen molar-refractivity contribution in [2.75, 3.05) is 13.6 Å². The lowest BCUT2D eigenvalue weighted by atomic mass is 9.83. The molecule has 1 atom stereocenters. The second-order valence-corrected chi connectivity index (χ2v) is 5.36. The van der Waals surface area contributed by atoms with Gasteiger partial charge in [-0.05, 0) is 65.3 Å². The molecule has 90 valence electrons. The fraction of sp³-hybridized carbons (Fsp3) is 0.600. The summed E-state index contributed by atoms with van der Waals surface area (Å²) in [6.45, 7) is 18.1. The van der Waals surface area contributed by atoms with Gasteiger partial charge in [0.15, 0.2) is 0 Å². The minimum Gasteiger partial charge on any atom is -0.297 e. The fourth-order valence-electron chi connectivity index (χ4n) is 2.85. The third-order valence-electron chi connectivity index (χ3n) is 4.04. The Bertz CT molecular complexity index is 332. The lowest BCUT2D eigenvalue weighted by molar-refractivity contribution is 0.236. The topological polar surface area (TPSA) is 3.24 Å². The second-order valence-electron chi connectivity index (χ2n) is 5.36. The Balaban J connectivity index is 3.24. The molecule has 1 rings (SSSR count). The van der Waals surface area contributed by atoms with Crippen LogP contribution in [0.4, 0.5) is 0 Å². The largest absolute Gasteiger partial charge is 0.297 e. The van der Waals surface area contributed by atoms with E-state index in [2.05, 4.69) is 52.8 Å². The summed E-state index contributed by atoms with van der Waals surface area (Å²) in [6, 6.07) is 0. The van der Waals surface area contributed by atoms with Gasteiger partial charge in [0.25, 0.3) is 0 Å². The van der Waals surface area contributed by atoms with Gasteiger partial charge in [0.2, 0.25) is 0 Å². The van der Waals surface area contributed by atoms with Crippen molar-refractivity contribution < 1.29 is 0 Å². The van der Waals surface area contributed by atoms with Crippen LogP contribution < -0.4 is 0 Å². The zero-order valence-electron chi connectivity index (χ0n) is 11.5. The van der Waals surface area contributed by atoms with Crippen molar-refractivity contribution in [3.05, 3.63) is 35.5 Å². The first-order valence-corrected chi connectivity index (χ1v) is 6.05. The van der Waals surface area contributed by atoms with Crippen molar-refractivity contribution in [3.63, 3.8) is 0 Å².